The number of pyridine rings is 1. The van der Waals surface area contributed by atoms with Gasteiger partial charge in [0.15, 0.2) is 0 Å². The number of carbonyl (C=O) groups excluding carboxylic acids is 2. The van der Waals surface area contributed by atoms with Crippen molar-refractivity contribution in [2.75, 3.05) is 6.54 Å². The average molecular weight is 337 g/mol. The molecule has 0 saturated carbocycles. The van der Waals surface area contributed by atoms with Crippen LogP contribution in [0.25, 0.3) is 0 Å². The summed E-state index contributed by atoms with van der Waals surface area (Å²) < 4.78 is 0. The van der Waals surface area contributed by atoms with Gasteiger partial charge in [0.05, 0.1) is 12.6 Å². The third-order valence-electron chi connectivity index (χ3n) is 2.66. The molecule has 0 radical (unpaired) electrons. The van der Waals surface area contributed by atoms with Crippen LogP contribution >= 0.6 is 24.8 Å². The number of amides is 2. The van der Waals surface area contributed by atoms with Crippen LogP contribution in [-0.4, -0.2) is 29.4 Å². The molecule has 120 valence electrons. The number of halogens is 2. The van der Waals surface area contributed by atoms with E-state index in [1.54, 1.807) is 18.5 Å². The summed E-state index contributed by atoms with van der Waals surface area (Å²) >= 11 is 0. The molecule has 2 amide bonds. The first-order valence-corrected chi connectivity index (χ1v) is 6.19. The smallest absolute Gasteiger partial charge is 0.239 e. The van der Waals surface area contributed by atoms with E-state index in [-0.39, 0.29) is 49.1 Å². The van der Waals surface area contributed by atoms with Crippen LogP contribution in [0.4, 0.5) is 0 Å². The Morgan fingerprint density at radius 1 is 1.29 bits per heavy atom. The molecule has 0 unspecified atom stereocenters. The lowest BCUT2D eigenvalue weighted by atomic mass is 10.1. The monoisotopic (exact) mass is 336 g/mol. The lowest BCUT2D eigenvalue weighted by Crippen LogP contribution is -2.47. The fraction of sp³-hybridized carbons (Fsp3) is 0.462. The first-order valence-electron chi connectivity index (χ1n) is 6.19. The van der Waals surface area contributed by atoms with E-state index in [1.807, 2.05) is 19.9 Å². The number of carbonyl (C=O) groups is 2. The van der Waals surface area contributed by atoms with Gasteiger partial charge in [0.2, 0.25) is 11.8 Å². The van der Waals surface area contributed by atoms with E-state index in [4.69, 9.17) is 5.73 Å². The number of rotatable bonds is 6. The van der Waals surface area contributed by atoms with Gasteiger partial charge in [-0.2, -0.15) is 0 Å². The fourth-order valence-electron chi connectivity index (χ4n) is 1.35. The minimum Gasteiger partial charge on any atom is -0.350 e. The third kappa shape index (κ3) is 8.49. The normalized spacial score (nSPS) is 10.9. The van der Waals surface area contributed by atoms with Crippen molar-refractivity contribution in [1.29, 1.82) is 0 Å². The Hall–Kier alpha value is -1.37. The summed E-state index contributed by atoms with van der Waals surface area (Å²) in [6.07, 6.45) is 3.34. The predicted octanol–water partition coefficient (Wildman–Crippen LogP) is 0.641. The second-order valence-corrected chi connectivity index (χ2v) is 4.63. The number of aromatic nitrogens is 1. The van der Waals surface area contributed by atoms with Gasteiger partial charge in [-0.05, 0) is 17.5 Å². The highest BCUT2D eigenvalue weighted by Gasteiger charge is 2.17. The largest absolute Gasteiger partial charge is 0.350 e. The van der Waals surface area contributed by atoms with E-state index in [9.17, 15) is 9.59 Å². The molecule has 1 heterocycles. The van der Waals surface area contributed by atoms with Gasteiger partial charge in [-0.25, -0.2) is 0 Å². The van der Waals surface area contributed by atoms with Gasteiger partial charge in [0.25, 0.3) is 0 Å². The van der Waals surface area contributed by atoms with E-state index in [0.717, 1.165) is 5.56 Å². The van der Waals surface area contributed by atoms with Crippen molar-refractivity contribution in [3.05, 3.63) is 30.1 Å². The third-order valence-corrected chi connectivity index (χ3v) is 2.66. The van der Waals surface area contributed by atoms with E-state index in [0.29, 0.717) is 6.54 Å². The van der Waals surface area contributed by atoms with Crippen LogP contribution in [0.3, 0.4) is 0 Å². The molecule has 6 nitrogen and oxygen atoms in total. The summed E-state index contributed by atoms with van der Waals surface area (Å²) in [5.41, 5.74) is 6.56. The maximum absolute atomic E-state index is 11.5. The summed E-state index contributed by atoms with van der Waals surface area (Å²) in [6, 6.07) is 3.07. The number of nitrogens with zero attached hydrogens (tertiary/aromatic N) is 1. The summed E-state index contributed by atoms with van der Waals surface area (Å²) in [5.74, 6) is -0.529. The Kier molecular flexibility index (Phi) is 11.8. The van der Waals surface area contributed by atoms with Gasteiger partial charge in [-0.3, -0.25) is 14.6 Å². The Morgan fingerprint density at radius 2 is 1.95 bits per heavy atom. The molecule has 0 aliphatic rings. The molecule has 0 aliphatic heterocycles. The van der Waals surface area contributed by atoms with Crippen LogP contribution in [-0.2, 0) is 16.1 Å². The number of nitrogens with one attached hydrogen (secondary N) is 2. The molecule has 4 N–H and O–H groups in total. The number of nitrogens with two attached hydrogens (primary N) is 1. The van der Waals surface area contributed by atoms with Crippen LogP contribution in [0.1, 0.15) is 19.4 Å². The molecule has 8 heteroatoms. The molecule has 1 aromatic rings. The van der Waals surface area contributed by atoms with Crippen molar-refractivity contribution >= 4 is 36.6 Å². The van der Waals surface area contributed by atoms with Crippen LogP contribution in [0.2, 0.25) is 0 Å². The molecule has 0 aliphatic carbocycles. The highest BCUT2D eigenvalue weighted by molar-refractivity contribution is 5.87. The molecule has 0 aromatic carbocycles. The maximum Gasteiger partial charge on any atom is 0.239 e. The number of hydrogen-bond acceptors (Lipinski definition) is 4. The zero-order valence-corrected chi connectivity index (χ0v) is 13.7. The standard InChI is InChI=1S/C13H20N4O2.2ClH/c1-9(2)12(14)13(19)17-8-11(18)16-7-10-4-3-5-15-6-10;;/h3-6,9,12H,7-8,14H2,1-2H3,(H,16,18)(H,17,19);2*1H/t12-;;/m0../s1. The topological polar surface area (TPSA) is 97.1 Å². The van der Waals surface area contributed by atoms with E-state index in [1.165, 1.54) is 0 Å². The molecule has 1 rings (SSSR count). The van der Waals surface area contributed by atoms with Gasteiger partial charge >= 0.3 is 0 Å². The van der Waals surface area contributed by atoms with Crippen molar-refractivity contribution in [3.8, 4) is 0 Å². The van der Waals surface area contributed by atoms with Crippen molar-refractivity contribution in [2.24, 2.45) is 11.7 Å². The second-order valence-electron chi connectivity index (χ2n) is 4.63. The summed E-state index contributed by atoms with van der Waals surface area (Å²) in [4.78, 5) is 27.0. The lowest BCUT2D eigenvalue weighted by Gasteiger charge is -2.15. The van der Waals surface area contributed by atoms with Crippen molar-refractivity contribution in [2.45, 2.75) is 26.4 Å². The van der Waals surface area contributed by atoms with Crippen LogP contribution < -0.4 is 16.4 Å². The van der Waals surface area contributed by atoms with E-state index in [2.05, 4.69) is 15.6 Å². The van der Waals surface area contributed by atoms with Crippen LogP contribution in [0, 0.1) is 5.92 Å². The van der Waals surface area contributed by atoms with Crippen molar-refractivity contribution < 1.29 is 9.59 Å². The zero-order valence-electron chi connectivity index (χ0n) is 12.0. The van der Waals surface area contributed by atoms with E-state index >= 15 is 0 Å². The lowest BCUT2D eigenvalue weighted by molar-refractivity contribution is -0.127. The molecule has 1 atom stereocenters. The second kappa shape index (κ2) is 11.3. The van der Waals surface area contributed by atoms with Gasteiger partial charge in [-0.15, -0.1) is 24.8 Å². The minimum absolute atomic E-state index is 0. The highest BCUT2D eigenvalue weighted by atomic mass is 35.5. The Morgan fingerprint density at radius 3 is 2.48 bits per heavy atom. The van der Waals surface area contributed by atoms with E-state index < -0.39 is 6.04 Å². The molecule has 1 aromatic heterocycles. The predicted molar refractivity (Wildman–Crippen MR) is 86.4 cm³/mol. The quantitative estimate of drug-likeness (QED) is 0.710. The first-order chi connectivity index (χ1) is 9.00. The zero-order chi connectivity index (χ0) is 14.3. The average Bonchev–Trinajstić information content (AvgIpc) is 2.42. The SMILES string of the molecule is CC(C)[C@H](N)C(=O)NCC(=O)NCc1cccnc1.Cl.Cl. The Balaban J connectivity index is 0. The molecule has 0 fully saturated rings. The van der Waals surface area contributed by atoms with Gasteiger partial charge in [0.1, 0.15) is 0 Å². The van der Waals surface area contributed by atoms with Crippen LogP contribution in [0.15, 0.2) is 24.5 Å². The first kappa shape index (κ1) is 21.9. The van der Waals surface area contributed by atoms with Crippen molar-refractivity contribution in [1.82, 2.24) is 15.6 Å². The van der Waals surface area contributed by atoms with Gasteiger partial charge in [0, 0.05) is 18.9 Å². The number of hydrogen-bond donors (Lipinski definition) is 3. The summed E-state index contributed by atoms with van der Waals surface area (Å²) in [5, 5.41) is 5.20. The molecule has 21 heavy (non-hydrogen) atoms. The molecule has 0 bridgehead atoms. The van der Waals surface area contributed by atoms with Gasteiger partial charge < -0.3 is 16.4 Å². The Labute approximate surface area is 137 Å². The summed E-state index contributed by atoms with van der Waals surface area (Å²) in [7, 11) is 0. The molecular weight excluding hydrogens is 315 g/mol. The van der Waals surface area contributed by atoms with Crippen LogP contribution in [0.5, 0.6) is 0 Å². The summed E-state index contributed by atoms with van der Waals surface area (Å²) in [6.45, 7) is 4.03. The Bertz CT molecular complexity index is 429. The highest BCUT2D eigenvalue weighted by Crippen LogP contribution is 1.97. The van der Waals surface area contributed by atoms with Gasteiger partial charge in [-0.1, -0.05) is 19.9 Å². The minimum atomic E-state index is -0.592. The fourth-order valence-corrected chi connectivity index (χ4v) is 1.35. The van der Waals surface area contributed by atoms with Crippen molar-refractivity contribution in [3.63, 3.8) is 0 Å². The molecular formula is C13H22Cl2N4O2. The maximum atomic E-state index is 11.5. The molecule has 0 spiro atoms. The molecule has 0 saturated heterocycles.